The van der Waals surface area contributed by atoms with Gasteiger partial charge in [-0.05, 0) is 30.7 Å². The van der Waals surface area contributed by atoms with E-state index in [1.165, 1.54) is 29.7 Å². The molecule has 8 heteroatoms. The number of fused-ring (bicyclic) bond motifs is 1. The van der Waals surface area contributed by atoms with Gasteiger partial charge >= 0.3 is 6.18 Å². The molecule has 1 aromatic carbocycles. The lowest BCUT2D eigenvalue weighted by molar-refractivity contribution is -0.105. The molecule has 0 aliphatic heterocycles. The van der Waals surface area contributed by atoms with Crippen LogP contribution in [0.4, 0.5) is 17.6 Å². The van der Waals surface area contributed by atoms with Crippen molar-refractivity contribution >= 4 is 33.3 Å². The molecule has 0 bridgehead atoms. The molecule has 0 spiro atoms. The van der Waals surface area contributed by atoms with Crippen LogP contribution in [0.15, 0.2) is 34.8 Å². The van der Waals surface area contributed by atoms with Crippen molar-refractivity contribution in [2.45, 2.75) is 18.0 Å². The summed E-state index contributed by atoms with van der Waals surface area (Å²) in [5.74, 6) is -1.52. The minimum absolute atomic E-state index is 0.190. The zero-order valence-electron chi connectivity index (χ0n) is 11.8. The van der Waals surface area contributed by atoms with Gasteiger partial charge < -0.3 is 0 Å². The Kier molecular flexibility index (Phi) is 4.29. The highest BCUT2D eigenvalue weighted by Gasteiger charge is 2.27. The summed E-state index contributed by atoms with van der Waals surface area (Å²) in [7, 11) is 0. The van der Waals surface area contributed by atoms with E-state index < -0.39 is 17.7 Å². The minimum atomic E-state index is -4.27. The SMILES string of the molecule is Cc1cc(F)c(-c2cc3scnc3cn2)cc1SCC(F)(F)F. The number of aromatic nitrogens is 2. The number of hydrogen-bond donors (Lipinski definition) is 0. The zero-order valence-corrected chi connectivity index (χ0v) is 13.4. The van der Waals surface area contributed by atoms with Gasteiger partial charge in [0, 0.05) is 10.5 Å². The Labute approximate surface area is 137 Å². The molecule has 0 saturated carbocycles. The van der Waals surface area contributed by atoms with Crippen molar-refractivity contribution in [2.24, 2.45) is 0 Å². The average Bonchev–Trinajstić information content (AvgIpc) is 2.92. The van der Waals surface area contributed by atoms with E-state index in [9.17, 15) is 17.6 Å². The summed E-state index contributed by atoms with van der Waals surface area (Å²) >= 11 is 2.04. The molecule has 0 atom stereocenters. The quantitative estimate of drug-likeness (QED) is 0.459. The van der Waals surface area contributed by atoms with Crippen molar-refractivity contribution in [1.82, 2.24) is 9.97 Å². The van der Waals surface area contributed by atoms with Crippen LogP contribution in [0.3, 0.4) is 0 Å². The Balaban J connectivity index is 2.00. The first-order chi connectivity index (χ1) is 10.8. The van der Waals surface area contributed by atoms with Crippen LogP contribution in [-0.2, 0) is 0 Å². The Bertz CT molecular complexity index is 858. The fraction of sp³-hybridized carbons (Fsp3) is 0.200. The predicted octanol–water partition coefficient (Wildman–Crippen LogP) is 5.46. The van der Waals surface area contributed by atoms with Gasteiger partial charge in [-0.2, -0.15) is 13.2 Å². The fourth-order valence-electron chi connectivity index (χ4n) is 2.07. The highest BCUT2D eigenvalue weighted by atomic mass is 32.2. The Morgan fingerprint density at radius 1 is 1.17 bits per heavy atom. The third-order valence-electron chi connectivity index (χ3n) is 3.15. The summed E-state index contributed by atoms with van der Waals surface area (Å²) in [6, 6.07) is 4.36. The highest BCUT2D eigenvalue weighted by molar-refractivity contribution is 7.99. The second kappa shape index (κ2) is 6.09. The second-order valence-electron chi connectivity index (χ2n) is 4.89. The molecule has 2 nitrogen and oxygen atoms in total. The van der Waals surface area contributed by atoms with Crippen LogP contribution in [0, 0.1) is 12.7 Å². The molecule has 3 aromatic rings. The molecule has 120 valence electrons. The molecule has 2 heterocycles. The predicted molar refractivity (Wildman–Crippen MR) is 84.3 cm³/mol. The van der Waals surface area contributed by atoms with Crippen molar-refractivity contribution in [3.05, 3.63) is 41.3 Å². The summed E-state index contributed by atoms with van der Waals surface area (Å²) in [5.41, 5.74) is 3.41. The normalized spacial score (nSPS) is 12.0. The van der Waals surface area contributed by atoms with Crippen molar-refractivity contribution in [3.8, 4) is 11.3 Å². The maximum absolute atomic E-state index is 14.2. The molecular weight excluding hydrogens is 348 g/mol. The number of aryl methyl sites for hydroxylation is 1. The first kappa shape index (κ1) is 16.2. The Morgan fingerprint density at radius 3 is 2.70 bits per heavy atom. The number of halogens is 4. The van der Waals surface area contributed by atoms with Crippen LogP contribution in [0.5, 0.6) is 0 Å². The molecule has 0 aliphatic carbocycles. The molecule has 0 saturated heterocycles. The van der Waals surface area contributed by atoms with Gasteiger partial charge in [-0.1, -0.05) is 0 Å². The zero-order chi connectivity index (χ0) is 16.6. The van der Waals surface area contributed by atoms with Gasteiger partial charge in [0.25, 0.3) is 0 Å². The number of benzene rings is 1. The lowest BCUT2D eigenvalue weighted by Crippen LogP contribution is -2.10. The molecule has 2 aromatic heterocycles. The van der Waals surface area contributed by atoms with E-state index in [2.05, 4.69) is 9.97 Å². The molecule has 0 aliphatic rings. The first-order valence-corrected chi connectivity index (χ1v) is 8.39. The lowest BCUT2D eigenvalue weighted by Gasteiger charge is -2.11. The number of hydrogen-bond acceptors (Lipinski definition) is 4. The van der Waals surface area contributed by atoms with Crippen LogP contribution >= 0.6 is 23.1 Å². The van der Waals surface area contributed by atoms with E-state index in [0.29, 0.717) is 33.4 Å². The van der Waals surface area contributed by atoms with E-state index >= 15 is 0 Å². The largest absolute Gasteiger partial charge is 0.398 e. The fourth-order valence-corrected chi connectivity index (χ4v) is 3.57. The molecule has 23 heavy (non-hydrogen) atoms. The van der Waals surface area contributed by atoms with Gasteiger partial charge in [0.1, 0.15) is 5.82 Å². The summed E-state index contributed by atoms with van der Waals surface area (Å²) in [5, 5.41) is 0. The van der Waals surface area contributed by atoms with Gasteiger partial charge in [-0.15, -0.1) is 23.1 Å². The topological polar surface area (TPSA) is 25.8 Å². The molecule has 0 unspecified atom stereocenters. The standard InChI is InChI=1S/C15H10F4N2S2/c1-8-2-10(16)9(3-13(8)22-6-15(17,18)19)11-4-14-12(5-20-11)21-7-23-14/h2-5,7H,6H2,1H3. The maximum atomic E-state index is 14.2. The van der Waals surface area contributed by atoms with Crippen LogP contribution in [0.1, 0.15) is 5.56 Å². The van der Waals surface area contributed by atoms with E-state index in [1.807, 2.05) is 0 Å². The summed E-state index contributed by atoms with van der Waals surface area (Å²) in [6.45, 7) is 1.59. The number of thiazole rings is 1. The molecule has 3 rings (SSSR count). The van der Waals surface area contributed by atoms with Gasteiger partial charge in [0.05, 0.1) is 33.4 Å². The molecule has 0 radical (unpaired) electrons. The Hall–Kier alpha value is -1.67. The van der Waals surface area contributed by atoms with E-state index in [-0.39, 0.29) is 5.56 Å². The Morgan fingerprint density at radius 2 is 1.96 bits per heavy atom. The number of pyridine rings is 1. The molecule has 0 amide bonds. The minimum Gasteiger partial charge on any atom is -0.254 e. The third kappa shape index (κ3) is 3.64. The lowest BCUT2D eigenvalue weighted by atomic mass is 10.1. The van der Waals surface area contributed by atoms with Gasteiger partial charge in [-0.3, -0.25) is 4.98 Å². The summed E-state index contributed by atoms with van der Waals surface area (Å²) in [6.07, 6.45) is -2.74. The van der Waals surface area contributed by atoms with Crippen LogP contribution in [-0.4, -0.2) is 21.9 Å². The van der Waals surface area contributed by atoms with Gasteiger partial charge in [0.2, 0.25) is 0 Å². The number of alkyl halides is 3. The monoisotopic (exact) mass is 358 g/mol. The maximum Gasteiger partial charge on any atom is 0.398 e. The summed E-state index contributed by atoms with van der Waals surface area (Å²) < 4.78 is 52.3. The number of rotatable bonds is 3. The van der Waals surface area contributed by atoms with Gasteiger partial charge in [0.15, 0.2) is 0 Å². The van der Waals surface area contributed by atoms with Crippen LogP contribution in [0.2, 0.25) is 0 Å². The van der Waals surface area contributed by atoms with E-state index in [4.69, 9.17) is 0 Å². The van der Waals surface area contributed by atoms with Crippen LogP contribution < -0.4 is 0 Å². The molecule has 0 fully saturated rings. The van der Waals surface area contributed by atoms with E-state index in [0.717, 1.165) is 4.70 Å². The first-order valence-electron chi connectivity index (χ1n) is 6.53. The van der Waals surface area contributed by atoms with Crippen LogP contribution in [0.25, 0.3) is 21.5 Å². The average molecular weight is 358 g/mol. The van der Waals surface area contributed by atoms with Gasteiger partial charge in [-0.25, -0.2) is 9.37 Å². The third-order valence-corrected chi connectivity index (χ3v) is 5.16. The smallest absolute Gasteiger partial charge is 0.254 e. The van der Waals surface area contributed by atoms with Crippen molar-refractivity contribution < 1.29 is 17.6 Å². The molecular formula is C15H10F4N2S2. The van der Waals surface area contributed by atoms with Crippen molar-refractivity contribution in [3.63, 3.8) is 0 Å². The summed E-state index contributed by atoms with van der Waals surface area (Å²) in [4.78, 5) is 8.65. The second-order valence-corrected chi connectivity index (χ2v) is 6.79. The molecule has 0 N–H and O–H groups in total. The number of nitrogens with zero attached hydrogens (tertiary/aromatic N) is 2. The van der Waals surface area contributed by atoms with E-state index in [1.54, 1.807) is 18.5 Å². The number of thioether (sulfide) groups is 1. The van der Waals surface area contributed by atoms with Crippen molar-refractivity contribution in [1.29, 1.82) is 0 Å². The highest BCUT2D eigenvalue weighted by Crippen LogP contribution is 2.34. The van der Waals surface area contributed by atoms with Crippen molar-refractivity contribution in [2.75, 3.05) is 5.75 Å².